The van der Waals surface area contributed by atoms with Crippen molar-refractivity contribution >= 4 is 16.6 Å². The Balaban J connectivity index is 1.84. The van der Waals surface area contributed by atoms with E-state index < -0.39 is 34.1 Å². The van der Waals surface area contributed by atoms with Crippen LogP contribution >= 0.6 is 0 Å². The van der Waals surface area contributed by atoms with E-state index in [1.807, 2.05) is 32.0 Å². The molecule has 8 nitrogen and oxygen atoms in total. The van der Waals surface area contributed by atoms with E-state index in [0.29, 0.717) is 25.2 Å². The van der Waals surface area contributed by atoms with Crippen LogP contribution in [0.2, 0.25) is 36.3 Å². The number of hydrogen-bond acceptors (Lipinski definition) is 6. The number of ether oxygens (including phenoxy) is 2. The maximum Gasteiger partial charge on any atom is 0.330 e. The summed E-state index contributed by atoms with van der Waals surface area (Å²) in [5.41, 5.74) is 2.81. The van der Waals surface area contributed by atoms with Gasteiger partial charge in [-0.05, 0) is 66.8 Å². The van der Waals surface area contributed by atoms with E-state index in [2.05, 4.69) is 72.7 Å². The van der Waals surface area contributed by atoms with Crippen LogP contribution in [0.1, 0.15) is 76.4 Å². The van der Waals surface area contributed by atoms with Gasteiger partial charge in [0.05, 0.1) is 31.5 Å². The fourth-order valence-corrected chi connectivity index (χ4v) is 6.76. The van der Waals surface area contributed by atoms with Crippen LogP contribution in [0.15, 0.2) is 34.0 Å². The average Bonchev–Trinajstić information content (AvgIpc) is 3.21. The monoisotopic (exact) mass is 604 g/mol. The molecule has 230 valence electrons. The Kier molecular flexibility index (Phi) is 10.2. The molecule has 1 fully saturated rings. The molecule has 0 spiro atoms. The first kappa shape index (κ1) is 33.7. The van der Waals surface area contributed by atoms with Gasteiger partial charge in [0.15, 0.2) is 16.6 Å². The van der Waals surface area contributed by atoms with Crippen molar-refractivity contribution < 1.29 is 18.3 Å². The second-order valence-electron chi connectivity index (χ2n) is 14.5. The summed E-state index contributed by atoms with van der Waals surface area (Å²) in [6, 6.07) is 6.11. The molecule has 0 unspecified atom stereocenters. The second-order valence-corrected chi connectivity index (χ2v) is 24.1. The summed E-state index contributed by atoms with van der Waals surface area (Å²) in [4.78, 5) is 28.2. The van der Waals surface area contributed by atoms with Crippen LogP contribution in [-0.4, -0.2) is 45.0 Å². The summed E-state index contributed by atoms with van der Waals surface area (Å²) in [5.74, 6) is 0. The van der Waals surface area contributed by atoms with E-state index in [0.717, 1.165) is 16.7 Å². The molecule has 0 amide bonds. The van der Waals surface area contributed by atoms with Crippen molar-refractivity contribution in [3.05, 3.63) is 67.5 Å². The Morgan fingerprint density at radius 3 is 2.10 bits per heavy atom. The van der Waals surface area contributed by atoms with Crippen molar-refractivity contribution in [3.8, 4) is 0 Å². The molecular weight excluding hydrogens is 553 g/mol. The van der Waals surface area contributed by atoms with E-state index in [1.165, 1.54) is 4.57 Å². The highest BCUT2D eigenvalue weighted by Gasteiger charge is 2.46. The number of aromatic nitrogens is 2. The maximum absolute atomic E-state index is 13.0. The standard InChI is InChI=1S/C31H52N2O6Si2/c1-21-14-13-15-22(2)24(21)19-36-18-23-17-33(29(35)32-28(23)34)27-16-25(39-41(11,12)31(6,7)8)26(38-27)20-37-40(9,10)30(3,4)5/h13-15,17,25-27H,16,18-20H2,1-12H3,(H,32,34,35)/t25-,26+,27+/m0/s1. The van der Waals surface area contributed by atoms with Crippen LogP contribution in [0.4, 0.5) is 0 Å². The van der Waals surface area contributed by atoms with Crippen molar-refractivity contribution in [1.29, 1.82) is 0 Å². The van der Waals surface area contributed by atoms with Gasteiger partial charge in [-0.2, -0.15) is 0 Å². The van der Waals surface area contributed by atoms with Gasteiger partial charge < -0.3 is 18.3 Å². The molecule has 2 heterocycles. The highest BCUT2D eigenvalue weighted by Crippen LogP contribution is 2.42. The molecule has 3 atom stereocenters. The molecule has 1 aliphatic heterocycles. The molecule has 1 aromatic heterocycles. The first-order chi connectivity index (χ1) is 18.7. The van der Waals surface area contributed by atoms with Gasteiger partial charge in [0.25, 0.3) is 5.56 Å². The molecule has 2 aromatic rings. The highest BCUT2D eigenvalue weighted by molar-refractivity contribution is 6.74. The summed E-state index contributed by atoms with van der Waals surface area (Å²) in [5, 5.41) is 0.0765. The molecule has 10 heteroatoms. The van der Waals surface area contributed by atoms with Crippen molar-refractivity contribution in [3.63, 3.8) is 0 Å². The van der Waals surface area contributed by atoms with Gasteiger partial charge >= 0.3 is 5.69 Å². The Hall–Kier alpha value is -1.83. The van der Waals surface area contributed by atoms with Gasteiger partial charge in [0.2, 0.25) is 0 Å². The minimum atomic E-state index is -2.14. The number of hydrogen-bond donors (Lipinski definition) is 1. The van der Waals surface area contributed by atoms with Gasteiger partial charge in [0.1, 0.15) is 12.3 Å². The summed E-state index contributed by atoms with van der Waals surface area (Å²) in [6.45, 7) is 27.1. The SMILES string of the molecule is Cc1cccc(C)c1COCc1cn([C@H]2C[C@H](O[Si](C)(C)C(C)(C)C)[C@@H](CO[Si](C)(C)C(C)(C)C)O2)c(=O)[nH]c1=O. The van der Waals surface area contributed by atoms with Crippen molar-refractivity contribution in [2.75, 3.05) is 6.61 Å². The molecule has 0 radical (unpaired) electrons. The quantitative estimate of drug-likeness (QED) is 0.309. The zero-order valence-electron chi connectivity index (χ0n) is 27.3. The summed E-state index contributed by atoms with van der Waals surface area (Å²) in [7, 11) is -4.17. The first-order valence-corrected chi connectivity index (χ1v) is 20.5. The highest BCUT2D eigenvalue weighted by atomic mass is 28.4. The lowest BCUT2D eigenvalue weighted by molar-refractivity contribution is -0.0414. The fourth-order valence-electron chi connectivity index (χ4n) is 4.39. The van der Waals surface area contributed by atoms with E-state index in [4.69, 9.17) is 18.3 Å². The van der Waals surface area contributed by atoms with E-state index >= 15 is 0 Å². The van der Waals surface area contributed by atoms with Crippen LogP contribution in [0.3, 0.4) is 0 Å². The van der Waals surface area contributed by atoms with Crippen LogP contribution < -0.4 is 11.2 Å². The minimum absolute atomic E-state index is 0.0186. The lowest BCUT2D eigenvalue weighted by atomic mass is 10.0. The Labute approximate surface area is 248 Å². The van der Waals surface area contributed by atoms with E-state index in [-0.39, 0.29) is 28.9 Å². The molecule has 1 aliphatic rings. The summed E-state index contributed by atoms with van der Waals surface area (Å²) in [6.07, 6.45) is 0.933. The molecule has 0 saturated carbocycles. The number of rotatable bonds is 10. The molecule has 41 heavy (non-hydrogen) atoms. The molecular formula is C31H52N2O6Si2. The zero-order valence-corrected chi connectivity index (χ0v) is 29.3. The van der Waals surface area contributed by atoms with Crippen LogP contribution in [0, 0.1) is 13.8 Å². The summed E-state index contributed by atoms with van der Waals surface area (Å²) >= 11 is 0. The third-order valence-corrected chi connectivity index (χ3v) is 18.4. The van der Waals surface area contributed by atoms with Crippen LogP contribution in [-0.2, 0) is 31.5 Å². The molecule has 1 aromatic carbocycles. The van der Waals surface area contributed by atoms with Crippen molar-refractivity contribution in [2.45, 2.75) is 130 Å². The number of aryl methyl sites for hydroxylation is 2. The third-order valence-electron chi connectivity index (χ3n) is 9.35. The molecule has 0 bridgehead atoms. The molecule has 1 saturated heterocycles. The Bertz CT molecular complexity index is 1300. The number of nitrogens with zero attached hydrogens (tertiary/aromatic N) is 1. The van der Waals surface area contributed by atoms with Crippen LogP contribution in [0.25, 0.3) is 0 Å². The predicted octanol–water partition coefficient (Wildman–Crippen LogP) is 6.57. The van der Waals surface area contributed by atoms with Gasteiger partial charge in [-0.1, -0.05) is 59.7 Å². The third kappa shape index (κ3) is 7.97. The summed E-state index contributed by atoms with van der Waals surface area (Å²) < 4.78 is 27.3. The minimum Gasteiger partial charge on any atom is -0.414 e. The Morgan fingerprint density at radius 1 is 0.951 bits per heavy atom. The topological polar surface area (TPSA) is 91.8 Å². The number of nitrogens with one attached hydrogen (secondary N) is 1. The van der Waals surface area contributed by atoms with E-state index in [1.54, 1.807) is 6.20 Å². The average molecular weight is 605 g/mol. The number of H-pyrrole nitrogens is 1. The van der Waals surface area contributed by atoms with Gasteiger partial charge in [-0.15, -0.1) is 0 Å². The Morgan fingerprint density at radius 2 is 1.54 bits per heavy atom. The lowest BCUT2D eigenvalue weighted by Gasteiger charge is -2.40. The zero-order chi connectivity index (χ0) is 31.0. The van der Waals surface area contributed by atoms with Crippen LogP contribution in [0.5, 0.6) is 0 Å². The van der Waals surface area contributed by atoms with Gasteiger partial charge in [-0.3, -0.25) is 14.3 Å². The van der Waals surface area contributed by atoms with E-state index in [9.17, 15) is 9.59 Å². The van der Waals surface area contributed by atoms with Gasteiger partial charge in [-0.25, -0.2) is 4.79 Å². The number of aromatic amines is 1. The van der Waals surface area contributed by atoms with Gasteiger partial charge in [0, 0.05) is 12.6 Å². The fraction of sp³-hybridized carbons (Fsp3) is 0.677. The smallest absolute Gasteiger partial charge is 0.330 e. The molecule has 3 rings (SSSR count). The predicted molar refractivity (Wildman–Crippen MR) is 169 cm³/mol. The largest absolute Gasteiger partial charge is 0.414 e. The van der Waals surface area contributed by atoms with Crippen molar-refractivity contribution in [1.82, 2.24) is 9.55 Å². The van der Waals surface area contributed by atoms with Crippen molar-refractivity contribution in [2.24, 2.45) is 0 Å². The molecule has 1 N–H and O–H groups in total. The number of benzene rings is 1. The first-order valence-electron chi connectivity index (χ1n) is 14.7. The second kappa shape index (κ2) is 12.4. The maximum atomic E-state index is 13.0. The lowest BCUT2D eigenvalue weighted by Crippen LogP contribution is -2.48. The normalized spacial score (nSPS) is 20.5. The molecule has 0 aliphatic carbocycles.